The Labute approximate surface area is 141 Å². The van der Waals surface area contributed by atoms with Crippen molar-refractivity contribution in [3.8, 4) is 6.07 Å². The predicted molar refractivity (Wildman–Crippen MR) is 87.8 cm³/mol. The van der Waals surface area contributed by atoms with E-state index in [2.05, 4.69) is 18.4 Å². The Hall–Kier alpha value is -2.55. The second-order valence-corrected chi connectivity index (χ2v) is 6.35. The Morgan fingerprint density at radius 3 is 2.79 bits per heavy atom. The van der Waals surface area contributed by atoms with E-state index in [1.807, 2.05) is 26.0 Å². The fourth-order valence-corrected chi connectivity index (χ4v) is 2.69. The molecule has 1 fully saturated rings. The molecule has 2 heterocycles. The van der Waals surface area contributed by atoms with E-state index in [9.17, 15) is 14.9 Å². The van der Waals surface area contributed by atoms with E-state index >= 15 is 0 Å². The molecular weight excluding hydrogens is 308 g/mol. The summed E-state index contributed by atoms with van der Waals surface area (Å²) in [5.41, 5.74) is 2.73. The molecule has 0 radical (unpaired) electrons. The Morgan fingerprint density at radius 1 is 1.54 bits per heavy atom. The van der Waals surface area contributed by atoms with Crippen LogP contribution in [0.5, 0.6) is 0 Å². The molecule has 2 rings (SSSR count). The zero-order chi connectivity index (χ0) is 17.9. The summed E-state index contributed by atoms with van der Waals surface area (Å²) in [6, 6.07) is 3.80. The van der Waals surface area contributed by atoms with Crippen LogP contribution in [0.3, 0.4) is 0 Å². The molecule has 1 aliphatic heterocycles. The molecule has 6 heteroatoms. The van der Waals surface area contributed by atoms with Crippen molar-refractivity contribution in [1.29, 1.82) is 5.26 Å². The van der Waals surface area contributed by atoms with Gasteiger partial charge in [0.2, 0.25) is 6.10 Å². The standard InChI is InChI=1S/C18H22N2O4/c1-11(2)10-20-12(3)7-14(13(20)4)8-15(9-19)17(21)24-16-5-6-23-18(16)22/h7-8,11,16H,5-6,10H2,1-4H3/b15-8+/t16-/m1/s1. The molecule has 0 spiro atoms. The minimum atomic E-state index is -0.914. The summed E-state index contributed by atoms with van der Waals surface area (Å²) in [5.74, 6) is -0.869. The molecule has 0 aromatic carbocycles. The molecule has 1 saturated heterocycles. The number of carbonyl (C=O) groups is 2. The molecule has 24 heavy (non-hydrogen) atoms. The third-order valence-corrected chi connectivity index (χ3v) is 3.94. The number of ether oxygens (including phenoxy) is 2. The van der Waals surface area contributed by atoms with E-state index in [1.54, 1.807) is 0 Å². The molecule has 1 atom stereocenters. The zero-order valence-electron chi connectivity index (χ0n) is 14.5. The van der Waals surface area contributed by atoms with Gasteiger partial charge in [-0.3, -0.25) is 0 Å². The lowest BCUT2D eigenvalue weighted by Gasteiger charge is -2.12. The summed E-state index contributed by atoms with van der Waals surface area (Å²) in [7, 11) is 0. The van der Waals surface area contributed by atoms with Crippen LogP contribution >= 0.6 is 0 Å². The van der Waals surface area contributed by atoms with Crippen molar-refractivity contribution in [3.63, 3.8) is 0 Å². The number of nitrogens with zero attached hydrogens (tertiary/aromatic N) is 2. The van der Waals surface area contributed by atoms with E-state index in [4.69, 9.17) is 9.47 Å². The lowest BCUT2D eigenvalue weighted by molar-refractivity contribution is -0.157. The normalized spacial score (nSPS) is 17.8. The van der Waals surface area contributed by atoms with Gasteiger partial charge in [-0.05, 0) is 37.5 Å². The molecule has 0 aliphatic carbocycles. The van der Waals surface area contributed by atoms with Crippen LogP contribution in [-0.4, -0.2) is 29.2 Å². The highest BCUT2D eigenvalue weighted by molar-refractivity contribution is 5.99. The Bertz CT molecular complexity index is 722. The molecule has 0 N–H and O–H groups in total. The molecule has 6 nitrogen and oxygen atoms in total. The smallest absolute Gasteiger partial charge is 0.349 e. The summed E-state index contributed by atoms with van der Waals surface area (Å²) in [5, 5.41) is 9.27. The van der Waals surface area contributed by atoms with E-state index < -0.39 is 18.0 Å². The van der Waals surface area contributed by atoms with Crippen molar-refractivity contribution in [2.45, 2.75) is 46.8 Å². The summed E-state index contributed by atoms with van der Waals surface area (Å²) >= 11 is 0. The first-order valence-corrected chi connectivity index (χ1v) is 7.99. The predicted octanol–water partition coefficient (Wildman–Crippen LogP) is 2.53. The van der Waals surface area contributed by atoms with E-state index in [0.717, 1.165) is 23.5 Å². The minimum absolute atomic E-state index is 0.125. The van der Waals surface area contributed by atoms with Crippen LogP contribution in [0.15, 0.2) is 11.6 Å². The average molecular weight is 330 g/mol. The lowest BCUT2D eigenvalue weighted by atomic mass is 10.1. The van der Waals surface area contributed by atoms with Crippen LogP contribution < -0.4 is 0 Å². The number of hydrogen-bond acceptors (Lipinski definition) is 5. The zero-order valence-corrected chi connectivity index (χ0v) is 14.5. The molecule has 1 aliphatic rings. The summed E-state index contributed by atoms with van der Waals surface area (Å²) in [6.45, 7) is 9.31. The maximum atomic E-state index is 12.1. The van der Waals surface area contributed by atoms with Gasteiger partial charge in [-0.2, -0.15) is 5.26 Å². The van der Waals surface area contributed by atoms with Crippen LogP contribution in [-0.2, 0) is 25.6 Å². The lowest BCUT2D eigenvalue weighted by Crippen LogP contribution is -2.23. The molecule has 0 amide bonds. The van der Waals surface area contributed by atoms with Crippen LogP contribution in [0.4, 0.5) is 0 Å². The van der Waals surface area contributed by atoms with Gasteiger partial charge in [0.15, 0.2) is 0 Å². The highest BCUT2D eigenvalue weighted by Crippen LogP contribution is 2.21. The third-order valence-electron chi connectivity index (χ3n) is 3.94. The maximum absolute atomic E-state index is 12.1. The van der Waals surface area contributed by atoms with Gasteiger partial charge >= 0.3 is 11.9 Å². The summed E-state index contributed by atoms with van der Waals surface area (Å²) < 4.78 is 12.0. The van der Waals surface area contributed by atoms with E-state index in [1.165, 1.54) is 6.08 Å². The van der Waals surface area contributed by atoms with Gasteiger partial charge < -0.3 is 14.0 Å². The number of aryl methyl sites for hydroxylation is 1. The molecular formula is C18H22N2O4. The van der Waals surface area contributed by atoms with Gasteiger partial charge in [-0.25, -0.2) is 9.59 Å². The fraction of sp³-hybridized carbons (Fsp3) is 0.500. The highest BCUT2D eigenvalue weighted by atomic mass is 16.6. The van der Waals surface area contributed by atoms with Crippen molar-refractivity contribution >= 4 is 18.0 Å². The van der Waals surface area contributed by atoms with Crippen LogP contribution in [0.2, 0.25) is 0 Å². The molecule has 0 saturated carbocycles. The second kappa shape index (κ2) is 7.35. The Kier molecular flexibility index (Phi) is 5.45. The molecule has 1 aromatic heterocycles. The average Bonchev–Trinajstić information content (AvgIpc) is 3.02. The van der Waals surface area contributed by atoms with Crippen molar-refractivity contribution in [3.05, 3.63) is 28.6 Å². The second-order valence-electron chi connectivity index (χ2n) is 6.35. The quantitative estimate of drug-likeness (QED) is 0.471. The van der Waals surface area contributed by atoms with Crippen molar-refractivity contribution in [2.75, 3.05) is 6.61 Å². The van der Waals surface area contributed by atoms with Gasteiger partial charge in [0, 0.05) is 24.4 Å². The number of aromatic nitrogens is 1. The van der Waals surface area contributed by atoms with Crippen LogP contribution in [0.1, 0.15) is 37.2 Å². The summed E-state index contributed by atoms with van der Waals surface area (Å²) in [6.07, 6.45) is 0.927. The molecule has 0 unspecified atom stereocenters. The number of carbonyl (C=O) groups excluding carboxylic acids is 2. The van der Waals surface area contributed by atoms with E-state index in [0.29, 0.717) is 12.3 Å². The van der Waals surface area contributed by atoms with Crippen molar-refractivity contribution in [2.24, 2.45) is 5.92 Å². The number of esters is 2. The molecule has 128 valence electrons. The third kappa shape index (κ3) is 3.85. The Morgan fingerprint density at radius 2 is 2.25 bits per heavy atom. The van der Waals surface area contributed by atoms with Gasteiger partial charge in [0.1, 0.15) is 11.6 Å². The first-order valence-electron chi connectivity index (χ1n) is 7.99. The van der Waals surface area contributed by atoms with Crippen LogP contribution in [0.25, 0.3) is 6.08 Å². The summed E-state index contributed by atoms with van der Waals surface area (Å²) in [4.78, 5) is 23.5. The largest absolute Gasteiger partial charge is 0.463 e. The monoisotopic (exact) mass is 330 g/mol. The fourth-order valence-electron chi connectivity index (χ4n) is 2.69. The van der Waals surface area contributed by atoms with Gasteiger partial charge in [-0.1, -0.05) is 13.8 Å². The number of cyclic esters (lactones) is 1. The number of hydrogen-bond donors (Lipinski definition) is 0. The van der Waals surface area contributed by atoms with Crippen molar-refractivity contribution in [1.82, 2.24) is 4.57 Å². The van der Waals surface area contributed by atoms with Crippen molar-refractivity contribution < 1.29 is 19.1 Å². The van der Waals surface area contributed by atoms with Crippen LogP contribution in [0, 0.1) is 31.1 Å². The molecule has 0 bridgehead atoms. The molecule has 1 aromatic rings. The topological polar surface area (TPSA) is 81.3 Å². The Balaban J connectivity index is 2.22. The van der Waals surface area contributed by atoms with Gasteiger partial charge in [0.25, 0.3) is 0 Å². The first-order chi connectivity index (χ1) is 11.3. The van der Waals surface area contributed by atoms with Gasteiger partial charge in [0.05, 0.1) is 6.61 Å². The number of nitriles is 1. The SMILES string of the molecule is Cc1cc(/C=C(\C#N)C(=O)O[C@@H]2CCOC2=O)c(C)n1CC(C)C. The maximum Gasteiger partial charge on any atom is 0.349 e. The number of rotatable bonds is 5. The van der Waals surface area contributed by atoms with E-state index in [-0.39, 0.29) is 12.2 Å². The minimum Gasteiger partial charge on any atom is -0.463 e. The van der Waals surface area contributed by atoms with Gasteiger partial charge in [-0.15, -0.1) is 0 Å². The highest BCUT2D eigenvalue weighted by Gasteiger charge is 2.31. The first kappa shape index (κ1) is 17.8.